The predicted octanol–water partition coefficient (Wildman–Crippen LogP) is 3.02. The lowest BCUT2D eigenvalue weighted by atomic mass is 9.96. The molecule has 2 aromatic rings. The van der Waals surface area contributed by atoms with E-state index in [0.717, 1.165) is 48.0 Å². The Morgan fingerprint density at radius 3 is 2.07 bits per heavy atom. The molecule has 142 valence electrons. The highest BCUT2D eigenvalue weighted by Crippen LogP contribution is 2.20. The molecule has 1 heterocycles. The first-order valence-electron chi connectivity index (χ1n) is 9.13. The SMILES string of the molecule is NC(=O)C1CCN(C(=S)c2ccc(OCCOc3ccccc3)cc2)CC1. The molecule has 1 fully saturated rings. The van der Waals surface area contributed by atoms with Crippen LogP contribution in [-0.4, -0.2) is 42.1 Å². The van der Waals surface area contributed by atoms with Crippen LogP contribution in [0.2, 0.25) is 0 Å². The van der Waals surface area contributed by atoms with Gasteiger partial charge >= 0.3 is 0 Å². The van der Waals surface area contributed by atoms with Crippen LogP contribution in [0.15, 0.2) is 54.6 Å². The Morgan fingerprint density at radius 1 is 0.963 bits per heavy atom. The average Bonchev–Trinajstić information content (AvgIpc) is 2.72. The van der Waals surface area contributed by atoms with Gasteiger partial charge in [-0.05, 0) is 49.2 Å². The number of amides is 1. The molecule has 1 saturated heterocycles. The van der Waals surface area contributed by atoms with E-state index in [2.05, 4.69) is 4.90 Å². The molecule has 0 aromatic heterocycles. The van der Waals surface area contributed by atoms with Crippen LogP contribution in [0, 0.1) is 5.92 Å². The summed E-state index contributed by atoms with van der Waals surface area (Å²) in [5.41, 5.74) is 6.37. The Bertz CT molecular complexity index is 757. The number of ether oxygens (including phenoxy) is 2. The molecule has 0 aliphatic carbocycles. The van der Waals surface area contributed by atoms with Crippen LogP contribution in [0.5, 0.6) is 11.5 Å². The van der Waals surface area contributed by atoms with E-state index < -0.39 is 0 Å². The van der Waals surface area contributed by atoms with Gasteiger partial charge in [-0.3, -0.25) is 4.79 Å². The second kappa shape index (κ2) is 9.37. The van der Waals surface area contributed by atoms with E-state index in [-0.39, 0.29) is 11.8 Å². The summed E-state index contributed by atoms with van der Waals surface area (Å²) in [6.07, 6.45) is 1.52. The van der Waals surface area contributed by atoms with Gasteiger partial charge in [0.2, 0.25) is 5.91 Å². The molecular weight excluding hydrogens is 360 g/mol. The molecule has 0 unspecified atom stereocenters. The zero-order valence-electron chi connectivity index (χ0n) is 15.2. The van der Waals surface area contributed by atoms with Gasteiger partial charge < -0.3 is 20.1 Å². The fourth-order valence-corrected chi connectivity index (χ4v) is 3.40. The summed E-state index contributed by atoms with van der Waals surface area (Å²) in [7, 11) is 0. The lowest BCUT2D eigenvalue weighted by Gasteiger charge is -2.32. The zero-order chi connectivity index (χ0) is 19.1. The third-order valence-electron chi connectivity index (χ3n) is 4.65. The molecule has 0 spiro atoms. The number of carbonyl (C=O) groups excluding carboxylic acids is 1. The van der Waals surface area contributed by atoms with Gasteiger partial charge in [-0.1, -0.05) is 30.4 Å². The van der Waals surface area contributed by atoms with Crippen molar-refractivity contribution in [2.24, 2.45) is 11.7 Å². The largest absolute Gasteiger partial charge is 0.490 e. The van der Waals surface area contributed by atoms with E-state index in [1.54, 1.807) is 0 Å². The van der Waals surface area contributed by atoms with Crippen LogP contribution >= 0.6 is 12.2 Å². The van der Waals surface area contributed by atoms with Gasteiger partial charge in [0.05, 0.1) is 0 Å². The zero-order valence-corrected chi connectivity index (χ0v) is 16.0. The summed E-state index contributed by atoms with van der Waals surface area (Å²) >= 11 is 5.60. The Labute approximate surface area is 165 Å². The van der Waals surface area contributed by atoms with Crippen molar-refractivity contribution < 1.29 is 14.3 Å². The van der Waals surface area contributed by atoms with E-state index >= 15 is 0 Å². The smallest absolute Gasteiger partial charge is 0.220 e. The summed E-state index contributed by atoms with van der Waals surface area (Å²) in [5, 5.41) is 0. The normalized spacial score (nSPS) is 14.6. The van der Waals surface area contributed by atoms with Gasteiger partial charge in [-0.25, -0.2) is 0 Å². The molecule has 0 radical (unpaired) electrons. The number of rotatable bonds is 7. The Balaban J connectivity index is 1.44. The van der Waals surface area contributed by atoms with Crippen LogP contribution in [0.1, 0.15) is 18.4 Å². The lowest BCUT2D eigenvalue weighted by molar-refractivity contribution is -0.122. The first kappa shape index (κ1) is 19.2. The molecule has 5 nitrogen and oxygen atoms in total. The van der Waals surface area contributed by atoms with Gasteiger partial charge in [0.1, 0.15) is 29.7 Å². The van der Waals surface area contributed by atoms with Gasteiger partial charge in [0.15, 0.2) is 0 Å². The van der Waals surface area contributed by atoms with Crippen molar-refractivity contribution in [3.8, 4) is 11.5 Å². The summed E-state index contributed by atoms with van der Waals surface area (Å²) in [4.78, 5) is 14.2. The monoisotopic (exact) mass is 384 g/mol. The topological polar surface area (TPSA) is 64.8 Å². The lowest BCUT2D eigenvalue weighted by Crippen LogP contribution is -2.41. The second-order valence-corrected chi connectivity index (χ2v) is 6.89. The Hall–Kier alpha value is -2.60. The van der Waals surface area contributed by atoms with E-state index in [0.29, 0.717) is 13.2 Å². The van der Waals surface area contributed by atoms with Gasteiger partial charge in [0, 0.05) is 24.6 Å². The fraction of sp³-hybridized carbons (Fsp3) is 0.333. The molecule has 1 amide bonds. The molecule has 1 aliphatic rings. The third kappa shape index (κ3) is 5.44. The standard InChI is InChI=1S/C21H24N2O3S/c22-20(24)16-10-12-23(13-11-16)21(27)17-6-8-19(9-7-17)26-15-14-25-18-4-2-1-3-5-18/h1-9,16H,10-15H2,(H2,22,24). The Kier molecular flexibility index (Phi) is 6.65. The highest BCUT2D eigenvalue weighted by Gasteiger charge is 2.24. The fourth-order valence-electron chi connectivity index (χ4n) is 3.08. The molecule has 0 atom stereocenters. The highest BCUT2D eigenvalue weighted by atomic mass is 32.1. The number of piperidine rings is 1. The minimum Gasteiger partial charge on any atom is -0.490 e. The number of benzene rings is 2. The molecule has 0 bridgehead atoms. The summed E-state index contributed by atoms with van der Waals surface area (Å²) < 4.78 is 11.3. The summed E-state index contributed by atoms with van der Waals surface area (Å²) in [6, 6.07) is 17.4. The maximum atomic E-state index is 11.3. The molecule has 2 N–H and O–H groups in total. The van der Waals surface area contributed by atoms with Crippen molar-refractivity contribution in [3.63, 3.8) is 0 Å². The Morgan fingerprint density at radius 2 is 1.52 bits per heavy atom. The van der Waals surface area contributed by atoms with Gasteiger partial charge in [0.25, 0.3) is 0 Å². The van der Waals surface area contributed by atoms with Crippen molar-refractivity contribution in [1.82, 2.24) is 4.90 Å². The molecule has 3 rings (SSSR count). The van der Waals surface area contributed by atoms with Crippen molar-refractivity contribution in [2.45, 2.75) is 12.8 Å². The third-order valence-corrected chi connectivity index (χ3v) is 5.14. The summed E-state index contributed by atoms with van der Waals surface area (Å²) in [6.45, 7) is 2.49. The number of hydrogen-bond donors (Lipinski definition) is 1. The average molecular weight is 385 g/mol. The van der Waals surface area contributed by atoms with E-state index in [1.165, 1.54) is 0 Å². The number of carbonyl (C=O) groups is 1. The minimum absolute atomic E-state index is 0.0297. The quantitative estimate of drug-likeness (QED) is 0.587. The van der Waals surface area contributed by atoms with Crippen molar-refractivity contribution in [3.05, 3.63) is 60.2 Å². The highest BCUT2D eigenvalue weighted by molar-refractivity contribution is 7.80. The predicted molar refractivity (Wildman–Crippen MR) is 109 cm³/mol. The number of primary amides is 1. The number of nitrogens with zero attached hydrogens (tertiary/aromatic N) is 1. The first-order valence-corrected chi connectivity index (χ1v) is 9.53. The van der Waals surface area contributed by atoms with E-state index in [1.807, 2.05) is 54.6 Å². The maximum absolute atomic E-state index is 11.3. The van der Waals surface area contributed by atoms with Crippen molar-refractivity contribution in [1.29, 1.82) is 0 Å². The number of thiocarbonyl (C=S) groups is 1. The van der Waals surface area contributed by atoms with Crippen molar-refractivity contribution >= 4 is 23.1 Å². The number of likely N-dealkylation sites (tertiary alicyclic amines) is 1. The van der Waals surface area contributed by atoms with Gasteiger partial charge in [-0.15, -0.1) is 0 Å². The molecule has 6 heteroatoms. The number of nitrogens with two attached hydrogens (primary N) is 1. The molecule has 1 aliphatic heterocycles. The van der Waals surface area contributed by atoms with Crippen LogP contribution < -0.4 is 15.2 Å². The van der Waals surface area contributed by atoms with Crippen LogP contribution in [0.25, 0.3) is 0 Å². The van der Waals surface area contributed by atoms with Gasteiger partial charge in [-0.2, -0.15) is 0 Å². The first-order chi connectivity index (χ1) is 13.1. The molecule has 27 heavy (non-hydrogen) atoms. The van der Waals surface area contributed by atoms with E-state index in [9.17, 15) is 4.79 Å². The maximum Gasteiger partial charge on any atom is 0.220 e. The molecule has 2 aromatic carbocycles. The molecule has 0 saturated carbocycles. The van der Waals surface area contributed by atoms with E-state index in [4.69, 9.17) is 27.4 Å². The van der Waals surface area contributed by atoms with Crippen LogP contribution in [0.4, 0.5) is 0 Å². The number of para-hydroxylation sites is 1. The molecular formula is C21H24N2O3S. The van der Waals surface area contributed by atoms with Crippen LogP contribution in [-0.2, 0) is 4.79 Å². The minimum atomic E-state index is -0.210. The van der Waals surface area contributed by atoms with Crippen LogP contribution in [0.3, 0.4) is 0 Å². The van der Waals surface area contributed by atoms with Crippen molar-refractivity contribution in [2.75, 3.05) is 26.3 Å². The summed E-state index contributed by atoms with van der Waals surface area (Å²) in [5.74, 6) is 1.38. The number of hydrogen-bond acceptors (Lipinski definition) is 4. The second-order valence-electron chi connectivity index (χ2n) is 6.50.